The zero-order chi connectivity index (χ0) is 28.0. The van der Waals surface area contributed by atoms with Crippen LogP contribution in [0, 0.1) is 0 Å². The zero-order valence-corrected chi connectivity index (χ0v) is 21.4. The minimum Gasteiger partial charge on any atom is -0.494 e. The van der Waals surface area contributed by atoms with Gasteiger partial charge in [0, 0.05) is 30.0 Å². The van der Waals surface area contributed by atoms with Gasteiger partial charge in [0.2, 0.25) is 11.8 Å². The summed E-state index contributed by atoms with van der Waals surface area (Å²) in [5.41, 5.74) is 6.81. The van der Waals surface area contributed by atoms with E-state index in [4.69, 9.17) is 10.5 Å². The van der Waals surface area contributed by atoms with E-state index in [0.29, 0.717) is 54.8 Å². The van der Waals surface area contributed by atoms with Gasteiger partial charge in [-0.05, 0) is 61.9 Å². The maximum atomic E-state index is 12.5. The van der Waals surface area contributed by atoms with Crippen molar-refractivity contribution in [2.75, 3.05) is 43.4 Å². The highest BCUT2D eigenvalue weighted by Gasteiger charge is 2.23. The van der Waals surface area contributed by atoms with Crippen LogP contribution >= 0.6 is 0 Å². The summed E-state index contributed by atoms with van der Waals surface area (Å²) < 4.78 is 5.49. The van der Waals surface area contributed by atoms with Crippen LogP contribution in [0.15, 0.2) is 53.5 Å². The largest absolute Gasteiger partial charge is 0.494 e. The first-order valence-corrected chi connectivity index (χ1v) is 12.5. The first kappa shape index (κ1) is 28.9. The van der Waals surface area contributed by atoms with Crippen LogP contribution < -0.4 is 37.1 Å². The van der Waals surface area contributed by atoms with Crippen molar-refractivity contribution >= 4 is 41.0 Å². The number of carbonyl (C=O) groups excluding carboxylic acids is 3. The molecule has 1 atom stereocenters. The Labute approximate surface area is 225 Å². The lowest BCUT2D eigenvalue weighted by Gasteiger charge is -2.16. The van der Waals surface area contributed by atoms with Crippen molar-refractivity contribution in [3.8, 4) is 5.75 Å². The third-order valence-corrected chi connectivity index (χ3v) is 5.47. The third-order valence-electron chi connectivity index (χ3n) is 5.47. The Morgan fingerprint density at radius 2 is 1.87 bits per heavy atom. The number of carbonyl (C=O) groups is 4. The number of hydrogen-bond acceptors (Lipinski definition) is 9. The average Bonchev–Trinajstić information content (AvgIpc) is 2.93. The summed E-state index contributed by atoms with van der Waals surface area (Å²) in [6.07, 6.45) is 1.15. The molecule has 0 aliphatic carbocycles. The number of nitrogens with one attached hydrogen (secondary N) is 5. The molecule has 1 aliphatic heterocycles. The van der Waals surface area contributed by atoms with E-state index < -0.39 is 42.7 Å². The molecular formula is C26H33N7O6. The lowest BCUT2D eigenvalue weighted by molar-refractivity contribution is -0.143. The fraction of sp³-hybridized carbons (Fsp3) is 0.346. The molecule has 0 radical (unpaired) electrons. The number of benzene rings is 2. The second-order valence-corrected chi connectivity index (χ2v) is 8.62. The Morgan fingerprint density at radius 3 is 2.56 bits per heavy atom. The van der Waals surface area contributed by atoms with Gasteiger partial charge in [-0.2, -0.15) is 0 Å². The highest BCUT2D eigenvalue weighted by molar-refractivity contribution is 6.00. The van der Waals surface area contributed by atoms with E-state index in [1.807, 2.05) is 0 Å². The van der Waals surface area contributed by atoms with Gasteiger partial charge in [-0.1, -0.05) is 6.07 Å². The van der Waals surface area contributed by atoms with Crippen LogP contribution in [0.1, 0.15) is 29.6 Å². The van der Waals surface area contributed by atoms with Crippen LogP contribution in [-0.2, 0) is 14.4 Å². The van der Waals surface area contributed by atoms with Crippen molar-refractivity contribution in [1.82, 2.24) is 16.0 Å². The molecule has 8 N–H and O–H groups in total. The fourth-order valence-electron chi connectivity index (χ4n) is 3.50. The molecule has 0 unspecified atom stereocenters. The first-order valence-electron chi connectivity index (χ1n) is 12.5. The number of aliphatic carboxylic acids is 1. The number of amides is 3. The molecule has 3 amide bonds. The van der Waals surface area contributed by atoms with Crippen LogP contribution in [0.3, 0.4) is 0 Å². The monoisotopic (exact) mass is 539 g/mol. The second-order valence-electron chi connectivity index (χ2n) is 8.62. The number of hydrogen-bond donors (Lipinski definition) is 7. The molecule has 0 saturated carbocycles. The normalized spacial score (nSPS) is 13.2. The van der Waals surface area contributed by atoms with Crippen molar-refractivity contribution in [1.29, 1.82) is 0 Å². The molecule has 1 heterocycles. The van der Waals surface area contributed by atoms with Gasteiger partial charge >= 0.3 is 5.97 Å². The first-order chi connectivity index (χ1) is 18.8. The summed E-state index contributed by atoms with van der Waals surface area (Å²) in [6, 6.07) is 11.7. The van der Waals surface area contributed by atoms with E-state index in [1.54, 1.807) is 48.5 Å². The maximum Gasteiger partial charge on any atom is 0.326 e. The standard InChI is InChI=1S/C26H33N7O6/c27-10-2-13-39-20-8-6-18(7-9-20)31-22(34)15-21(25(37)38)33-23(35)16-30-24(36)17-4-1-5-19(14-17)32-26-28-11-3-12-29-26/h1,4-9,14,21H,2-3,10-13,15-16,27H2,(H,30,36)(H,31,34)(H,33,35)(H,37,38)(H2,28,29,32)/t21-/m0/s1. The van der Waals surface area contributed by atoms with Crippen LogP contribution in [0.2, 0.25) is 0 Å². The SMILES string of the molecule is NCCCOc1ccc(NC(=O)C[C@H](NC(=O)CNC(=O)c2cccc(NC3=NCCCN3)c2)C(=O)O)cc1. The number of ether oxygens (including phenoxy) is 1. The molecule has 39 heavy (non-hydrogen) atoms. The summed E-state index contributed by atoms with van der Waals surface area (Å²) >= 11 is 0. The lowest BCUT2D eigenvalue weighted by Crippen LogP contribution is -2.47. The zero-order valence-electron chi connectivity index (χ0n) is 21.4. The predicted molar refractivity (Wildman–Crippen MR) is 146 cm³/mol. The van der Waals surface area contributed by atoms with E-state index >= 15 is 0 Å². The number of rotatable bonds is 13. The number of carboxylic acids is 1. The highest BCUT2D eigenvalue weighted by Crippen LogP contribution is 2.16. The molecule has 0 saturated heterocycles. The summed E-state index contributed by atoms with van der Waals surface area (Å²) in [7, 11) is 0. The number of nitrogens with two attached hydrogens (primary N) is 1. The second kappa shape index (κ2) is 14.9. The van der Waals surface area contributed by atoms with Crippen molar-refractivity contribution < 1.29 is 29.0 Å². The minimum atomic E-state index is -1.48. The Morgan fingerprint density at radius 1 is 1.08 bits per heavy atom. The topological polar surface area (TPSA) is 196 Å². The molecule has 3 rings (SSSR count). The summed E-state index contributed by atoms with van der Waals surface area (Å²) in [4.78, 5) is 53.2. The van der Waals surface area contributed by atoms with Gasteiger partial charge in [-0.3, -0.25) is 19.4 Å². The number of anilines is 2. The van der Waals surface area contributed by atoms with E-state index in [2.05, 4.69) is 31.6 Å². The van der Waals surface area contributed by atoms with Gasteiger partial charge in [0.25, 0.3) is 5.91 Å². The van der Waals surface area contributed by atoms with Crippen molar-refractivity contribution in [3.63, 3.8) is 0 Å². The number of carboxylic acid groups (broad SMARTS) is 1. The quantitative estimate of drug-likeness (QED) is 0.177. The third kappa shape index (κ3) is 9.97. The van der Waals surface area contributed by atoms with Crippen LogP contribution in [-0.4, -0.2) is 73.6 Å². The molecule has 13 heteroatoms. The van der Waals surface area contributed by atoms with E-state index in [9.17, 15) is 24.3 Å². The van der Waals surface area contributed by atoms with Crippen LogP contribution in [0.4, 0.5) is 11.4 Å². The van der Waals surface area contributed by atoms with Gasteiger partial charge < -0.3 is 42.2 Å². The summed E-state index contributed by atoms with van der Waals surface area (Å²) in [6.45, 7) is 2.03. The van der Waals surface area contributed by atoms with Gasteiger partial charge in [0.1, 0.15) is 11.8 Å². The van der Waals surface area contributed by atoms with Gasteiger partial charge in [0.05, 0.1) is 19.6 Å². The molecule has 0 fully saturated rings. The Hall–Kier alpha value is -4.65. The molecule has 0 bridgehead atoms. The van der Waals surface area contributed by atoms with Crippen LogP contribution in [0.5, 0.6) is 5.75 Å². The van der Waals surface area contributed by atoms with Crippen molar-refractivity contribution in [3.05, 3.63) is 54.1 Å². The molecule has 0 spiro atoms. The van der Waals surface area contributed by atoms with Gasteiger partial charge in [-0.25, -0.2) is 4.79 Å². The Kier molecular flexibility index (Phi) is 11.1. The minimum absolute atomic E-state index is 0.300. The average molecular weight is 540 g/mol. The summed E-state index contributed by atoms with van der Waals surface area (Å²) in [5, 5.41) is 23.0. The van der Waals surface area contributed by atoms with Gasteiger partial charge in [0.15, 0.2) is 5.96 Å². The molecule has 208 valence electrons. The molecule has 2 aromatic carbocycles. The fourth-order valence-corrected chi connectivity index (χ4v) is 3.50. The Balaban J connectivity index is 1.46. The Bertz CT molecular complexity index is 1190. The number of guanidine groups is 1. The molecule has 13 nitrogen and oxygen atoms in total. The molecular weight excluding hydrogens is 506 g/mol. The number of nitrogens with zero attached hydrogens (tertiary/aromatic N) is 1. The predicted octanol–water partition coefficient (Wildman–Crippen LogP) is 0.503. The van der Waals surface area contributed by atoms with E-state index in [0.717, 1.165) is 13.0 Å². The molecule has 1 aliphatic rings. The summed E-state index contributed by atoms with van der Waals surface area (Å²) in [5.74, 6) is -2.04. The molecule has 2 aromatic rings. The lowest BCUT2D eigenvalue weighted by atomic mass is 10.1. The van der Waals surface area contributed by atoms with Crippen molar-refractivity contribution in [2.45, 2.75) is 25.3 Å². The smallest absolute Gasteiger partial charge is 0.326 e. The highest BCUT2D eigenvalue weighted by atomic mass is 16.5. The maximum absolute atomic E-state index is 12.5. The van der Waals surface area contributed by atoms with E-state index in [1.165, 1.54) is 0 Å². The number of aliphatic imine (C=N–C) groups is 1. The van der Waals surface area contributed by atoms with Gasteiger partial charge in [-0.15, -0.1) is 0 Å². The van der Waals surface area contributed by atoms with Crippen molar-refractivity contribution in [2.24, 2.45) is 10.7 Å². The van der Waals surface area contributed by atoms with Crippen LogP contribution in [0.25, 0.3) is 0 Å². The molecule has 0 aromatic heterocycles. The van der Waals surface area contributed by atoms with E-state index in [-0.39, 0.29) is 0 Å².